The first-order valence-electron chi connectivity index (χ1n) is 5.54. The molecule has 0 saturated heterocycles. The van der Waals surface area contributed by atoms with Crippen molar-refractivity contribution in [2.24, 2.45) is 0 Å². The van der Waals surface area contributed by atoms with Crippen LogP contribution in [0.4, 0.5) is 5.69 Å². The van der Waals surface area contributed by atoms with Crippen LogP contribution < -0.4 is 10.5 Å². The molecule has 0 heterocycles. The van der Waals surface area contributed by atoms with Gasteiger partial charge in [0, 0.05) is 7.11 Å². The number of ether oxygens (including phenoxy) is 2. The van der Waals surface area contributed by atoms with E-state index in [2.05, 4.69) is 10.5 Å². The normalized spacial score (nSPS) is 11.2. The minimum absolute atomic E-state index is 0.0538. The highest BCUT2D eigenvalue weighted by molar-refractivity contribution is 7.94. The molecule has 0 fully saturated rings. The lowest BCUT2D eigenvalue weighted by atomic mass is 10.3. The van der Waals surface area contributed by atoms with Crippen molar-refractivity contribution in [3.63, 3.8) is 0 Å². The molecule has 0 unspecified atom stereocenters. The Labute approximate surface area is 107 Å². The highest BCUT2D eigenvalue weighted by Crippen LogP contribution is 2.26. The quantitative estimate of drug-likeness (QED) is 0.689. The zero-order chi connectivity index (χ0) is 13.4. The van der Waals surface area contributed by atoms with Gasteiger partial charge in [-0.15, -0.1) is 5.69 Å². The van der Waals surface area contributed by atoms with Crippen LogP contribution in [0.3, 0.4) is 0 Å². The molecule has 1 rings (SSSR count). The number of rotatable bonds is 8. The van der Waals surface area contributed by atoms with Crippen molar-refractivity contribution in [2.75, 3.05) is 32.6 Å². The lowest BCUT2D eigenvalue weighted by Crippen LogP contribution is -2.52. The molecule has 3 N–H and O–H groups in total. The van der Waals surface area contributed by atoms with E-state index in [9.17, 15) is 8.42 Å². The highest BCUT2D eigenvalue weighted by atomic mass is 32.2. The summed E-state index contributed by atoms with van der Waals surface area (Å²) in [5, 5.41) is 0. The van der Waals surface area contributed by atoms with E-state index in [-0.39, 0.29) is 5.75 Å². The molecule has 0 aliphatic carbocycles. The number of benzene rings is 1. The molecule has 0 amide bonds. The molecule has 0 aromatic heterocycles. The van der Waals surface area contributed by atoms with Crippen LogP contribution in [-0.2, 0) is 14.8 Å². The van der Waals surface area contributed by atoms with Crippen LogP contribution in [0.15, 0.2) is 24.3 Å². The molecule has 0 aliphatic heterocycles. The van der Waals surface area contributed by atoms with Crippen LogP contribution in [0, 0.1) is 0 Å². The third kappa shape index (κ3) is 5.35. The third-order valence-corrected chi connectivity index (χ3v) is 3.31. The summed E-state index contributed by atoms with van der Waals surface area (Å²) in [6.45, 7) is 1.18. The summed E-state index contributed by atoms with van der Waals surface area (Å²) in [6, 6.07) is 6.63. The predicted octanol–water partition coefficient (Wildman–Crippen LogP) is 0.289. The van der Waals surface area contributed by atoms with Gasteiger partial charge in [-0.25, -0.2) is 8.42 Å². The van der Waals surface area contributed by atoms with Crippen LogP contribution in [0.2, 0.25) is 0 Å². The Morgan fingerprint density at radius 1 is 1.33 bits per heavy atom. The van der Waals surface area contributed by atoms with E-state index in [0.29, 0.717) is 31.2 Å². The van der Waals surface area contributed by atoms with Crippen molar-refractivity contribution < 1.29 is 23.6 Å². The third-order valence-electron chi connectivity index (χ3n) is 2.02. The Bertz CT molecular complexity index is 462. The maximum atomic E-state index is 11.5. The fourth-order valence-corrected chi connectivity index (χ4v) is 2.15. The van der Waals surface area contributed by atoms with Gasteiger partial charge in [0.1, 0.15) is 12.4 Å². The molecule has 102 valence electrons. The maximum absolute atomic E-state index is 11.5. The molecule has 18 heavy (non-hydrogen) atoms. The van der Waals surface area contributed by atoms with Crippen LogP contribution >= 0.6 is 0 Å². The van der Waals surface area contributed by atoms with Crippen LogP contribution in [-0.4, -0.2) is 41.0 Å². The van der Waals surface area contributed by atoms with Crippen LogP contribution in [0.25, 0.3) is 4.72 Å². The monoisotopic (exact) mass is 274 g/mol. The van der Waals surface area contributed by atoms with Gasteiger partial charge in [0.25, 0.3) is 0 Å². The molecule has 7 heteroatoms. The SMILES string of the molecule is COCCOc1cccc([N-]S(=O)(=O)CC[NH3+])c1. The predicted molar refractivity (Wildman–Crippen MR) is 68.4 cm³/mol. The summed E-state index contributed by atoms with van der Waals surface area (Å²) in [6.07, 6.45) is 0. The van der Waals surface area contributed by atoms with Gasteiger partial charge in [0.2, 0.25) is 0 Å². The smallest absolute Gasteiger partial charge is 0.118 e. The Morgan fingerprint density at radius 3 is 2.78 bits per heavy atom. The number of sulfonamides is 1. The molecular weight excluding hydrogens is 256 g/mol. The van der Waals surface area contributed by atoms with E-state index in [0.717, 1.165) is 0 Å². The summed E-state index contributed by atoms with van der Waals surface area (Å²) in [5.41, 5.74) is 3.86. The summed E-state index contributed by atoms with van der Waals surface area (Å²) >= 11 is 0. The van der Waals surface area contributed by atoms with Crippen LogP contribution in [0.1, 0.15) is 0 Å². The lowest BCUT2D eigenvalue weighted by Gasteiger charge is -2.21. The lowest BCUT2D eigenvalue weighted by molar-refractivity contribution is -0.360. The standard InChI is InChI=1S/C11H17N2O4S/c1-16-6-7-17-11-4-2-3-10(9-11)13-18(14,15)8-5-12/h2-4,9H,5-8,12H2,1H3/q-1/p+1. The van der Waals surface area contributed by atoms with Gasteiger partial charge in [-0.1, -0.05) is 12.1 Å². The van der Waals surface area contributed by atoms with Crippen molar-refractivity contribution in [2.45, 2.75) is 0 Å². The van der Waals surface area contributed by atoms with Crippen molar-refractivity contribution in [1.29, 1.82) is 0 Å². The summed E-state index contributed by atoms with van der Waals surface area (Å²) in [7, 11) is -1.86. The minimum atomic E-state index is -3.44. The number of hydrogen-bond donors (Lipinski definition) is 1. The second-order valence-corrected chi connectivity index (χ2v) is 5.32. The summed E-state index contributed by atoms with van der Waals surface area (Å²) in [5.74, 6) is 0.514. The van der Waals surface area contributed by atoms with Crippen LogP contribution in [0.5, 0.6) is 5.75 Å². The average molecular weight is 274 g/mol. The average Bonchev–Trinajstić information content (AvgIpc) is 2.29. The van der Waals surface area contributed by atoms with Crippen molar-refractivity contribution >= 4 is 15.7 Å². The van der Waals surface area contributed by atoms with E-state index in [1.54, 1.807) is 31.4 Å². The van der Waals surface area contributed by atoms with Gasteiger partial charge in [0.15, 0.2) is 0 Å². The Balaban J connectivity index is 2.64. The van der Waals surface area contributed by atoms with Gasteiger partial charge in [-0.3, -0.25) is 0 Å². The number of quaternary nitrogens is 1. The van der Waals surface area contributed by atoms with Gasteiger partial charge in [0.05, 0.1) is 28.9 Å². The van der Waals surface area contributed by atoms with Crippen molar-refractivity contribution in [1.82, 2.24) is 0 Å². The molecule has 6 nitrogen and oxygen atoms in total. The minimum Gasteiger partial charge on any atom is -0.577 e. The van der Waals surface area contributed by atoms with Gasteiger partial charge in [-0.2, -0.15) is 0 Å². The summed E-state index contributed by atoms with van der Waals surface area (Å²) in [4.78, 5) is 0. The van der Waals surface area contributed by atoms with Crippen molar-refractivity contribution in [3.8, 4) is 5.75 Å². The molecular formula is C11H18N2O4S. The molecule has 0 radical (unpaired) electrons. The number of nitrogens with zero attached hydrogens (tertiary/aromatic N) is 1. The zero-order valence-electron chi connectivity index (χ0n) is 10.3. The Morgan fingerprint density at radius 2 is 2.11 bits per heavy atom. The molecule has 1 aromatic rings. The van der Waals surface area contributed by atoms with E-state index in [1.807, 2.05) is 0 Å². The molecule has 0 bridgehead atoms. The largest absolute Gasteiger partial charge is 0.577 e. The molecule has 0 spiro atoms. The second kappa shape index (κ2) is 7.20. The highest BCUT2D eigenvalue weighted by Gasteiger charge is 2.00. The molecule has 1 aromatic carbocycles. The Kier molecular flexibility index (Phi) is 5.90. The van der Waals surface area contributed by atoms with E-state index in [4.69, 9.17) is 9.47 Å². The van der Waals surface area contributed by atoms with E-state index < -0.39 is 10.0 Å². The molecule has 0 atom stereocenters. The van der Waals surface area contributed by atoms with Gasteiger partial charge in [-0.05, 0) is 12.1 Å². The van der Waals surface area contributed by atoms with Crippen molar-refractivity contribution in [3.05, 3.63) is 29.0 Å². The first-order chi connectivity index (χ1) is 8.57. The first kappa shape index (κ1) is 14.7. The first-order valence-corrected chi connectivity index (χ1v) is 7.15. The topological polar surface area (TPSA) is 94.3 Å². The fraction of sp³-hybridized carbons (Fsp3) is 0.455. The Hall–Kier alpha value is -1.31. The zero-order valence-corrected chi connectivity index (χ0v) is 11.1. The van der Waals surface area contributed by atoms with E-state index >= 15 is 0 Å². The maximum Gasteiger partial charge on any atom is 0.118 e. The van der Waals surface area contributed by atoms with Gasteiger partial charge < -0.3 is 19.9 Å². The summed E-state index contributed by atoms with van der Waals surface area (Å²) < 4.78 is 36.9. The number of methoxy groups -OCH3 is 1. The molecule has 0 aliphatic rings. The van der Waals surface area contributed by atoms with E-state index in [1.165, 1.54) is 0 Å². The molecule has 0 saturated carbocycles. The second-order valence-electron chi connectivity index (χ2n) is 3.57. The number of hydrogen-bond acceptors (Lipinski definition) is 4. The fourth-order valence-electron chi connectivity index (χ4n) is 1.26. The van der Waals surface area contributed by atoms with Gasteiger partial charge >= 0.3 is 0 Å².